The van der Waals surface area contributed by atoms with E-state index in [0.29, 0.717) is 0 Å². The molecular weight excluding hydrogens is 403 g/mol. The van der Waals surface area contributed by atoms with Gasteiger partial charge in [0.25, 0.3) is 6.71 Å². The Hall–Kier alpha value is -3.34. The minimum atomic E-state index is -0.0722. The number of fused-ring (bicyclic) bond motifs is 4. The molecule has 4 nitrogen and oxygen atoms in total. The third-order valence-electron chi connectivity index (χ3n) is 7.21. The smallest absolute Gasteiger partial charge is 0.252 e. The van der Waals surface area contributed by atoms with Crippen molar-refractivity contribution in [3.63, 3.8) is 0 Å². The van der Waals surface area contributed by atoms with Crippen LogP contribution in [-0.2, 0) is 10.8 Å². The van der Waals surface area contributed by atoms with E-state index in [1.165, 1.54) is 38.8 Å². The van der Waals surface area contributed by atoms with Gasteiger partial charge in [-0.1, -0.05) is 71.9 Å². The van der Waals surface area contributed by atoms with Gasteiger partial charge in [0.1, 0.15) is 11.6 Å². The van der Waals surface area contributed by atoms with E-state index in [-0.39, 0.29) is 17.5 Å². The average molecular weight is 430 g/mol. The van der Waals surface area contributed by atoms with Crippen molar-refractivity contribution < 1.29 is 0 Å². The summed E-state index contributed by atoms with van der Waals surface area (Å²) in [5.74, 6) is 2.23. The minimum Gasteiger partial charge on any atom is -0.297 e. The van der Waals surface area contributed by atoms with E-state index in [9.17, 15) is 0 Å². The summed E-state index contributed by atoms with van der Waals surface area (Å²) in [6.45, 7) is 13.7. The first-order chi connectivity index (χ1) is 15.7. The van der Waals surface area contributed by atoms with Crippen molar-refractivity contribution in [2.45, 2.75) is 52.4 Å². The fourth-order valence-electron chi connectivity index (χ4n) is 5.95. The fourth-order valence-corrected chi connectivity index (χ4v) is 5.95. The minimum absolute atomic E-state index is 0.0722. The molecular formula is C28H27BN4. The Labute approximate surface area is 194 Å². The molecule has 0 saturated heterocycles. The van der Waals surface area contributed by atoms with Gasteiger partial charge in [0, 0.05) is 22.2 Å². The van der Waals surface area contributed by atoms with Crippen LogP contribution in [0.1, 0.15) is 53.2 Å². The molecule has 0 atom stereocenters. The molecule has 5 aromatic rings. The van der Waals surface area contributed by atoms with E-state index < -0.39 is 0 Å². The normalized spacial score (nSPS) is 14.3. The largest absolute Gasteiger partial charge is 0.297 e. The monoisotopic (exact) mass is 430 g/mol. The van der Waals surface area contributed by atoms with Crippen LogP contribution in [0.4, 0.5) is 0 Å². The number of benzene rings is 3. The van der Waals surface area contributed by atoms with Crippen LogP contribution in [-0.4, -0.2) is 25.8 Å². The van der Waals surface area contributed by atoms with Crippen molar-refractivity contribution in [2.24, 2.45) is 0 Å². The number of imidazole rings is 2. The van der Waals surface area contributed by atoms with Crippen LogP contribution in [0.5, 0.6) is 0 Å². The van der Waals surface area contributed by atoms with E-state index in [1.807, 2.05) is 0 Å². The average Bonchev–Trinajstić information content (AvgIpc) is 3.34. The molecule has 33 heavy (non-hydrogen) atoms. The van der Waals surface area contributed by atoms with Gasteiger partial charge >= 0.3 is 0 Å². The second kappa shape index (κ2) is 5.77. The fraction of sp³-hybridized carbons (Fsp3) is 0.286. The van der Waals surface area contributed by atoms with E-state index in [4.69, 9.17) is 9.97 Å². The Kier molecular flexibility index (Phi) is 3.35. The summed E-state index contributed by atoms with van der Waals surface area (Å²) in [4.78, 5) is 10.3. The lowest BCUT2D eigenvalue weighted by Gasteiger charge is -2.35. The zero-order valence-electron chi connectivity index (χ0n) is 20.1. The molecule has 2 aliphatic heterocycles. The molecule has 0 fully saturated rings. The molecule has 162 valence electrons. The Morgan fingerprint density at radius 3 is 1.45 bits per heavy atom. The van der Waals surface area contributed by atoms with Crippen molar-refractivity contribution in [3.8, 4) is 11.4 Å². The van der Waals surface area contributed by atoms with Gasteiger partial charge in [-0.05, 0) is 40.7 Å². The number of rotatable bonds is 0. The van der Waals surface area contributed by atoms with Crippen molar-refractivity contribution in [2.75, 3.05) is 0 Å². The molecule has 0 bridgehead atoms. The van der Waals surface area contributed by atoms with Crippen LogP contribution in [0.2, 0.25) is 0 Å². The third-order valence-corrected chi connectivity index (χ3v) is 7.21. The number of para-hydroxylation sites is 2. The van der Waals surface area contributed by atoms with Crippen LogP contribution >= 0.6 is 0 Å². The molecule has 4 heterocycles. The Bertz CT molecular complexity index is 1520. The first-order valence-electron chi connectivity index (χ1n) is 11.8. The molecule has 0 unspecified atom stereocenters. The summed E-state index contributed by atoms with van der Waals surface area (Å²) in [6.07, 6.45) is 0. The van der Waals surface area contributed by atoms with Crippen molar-refractivity contribution in [3.05, 3.63) is 66.2 Å². The van der Waals surface area contributed by atoms with Crippen molar-refractivity contribution >= 4 is 45.2 Å². The van der Waals surface area contributed by atoms with Gasteiger partial charge in [0.2, 0.25) is 0 Å². The molecule has 0 saturated carbocycles. The Morgan fingerprint density at radius 1 is 0.606 bits per heavy atom. The van der Waals surface area contributed by atoms with Crippen LogP contribution in [0.15, 0.2) is 54.6 Å². The number of hydrogen-bond acceptors (Lipinski definition) is 2. The lowest BCUT2D eigenvalue weighted by molar-refractivity contribution is 0.538. The highest BCUT2D eigenvalue weighted by Crippen LogP contribution is 2.36. The van der Waals surface area contributed by atoms with E-state index in [0.717, 1.165) is 22.7 Å². The highest BCUT2D eigenvalue weighted by molar-refractivity contribution is 7.00. The molecule has 2 aromatic heterocycles. The molecule has 2 aliphatic rings. The summed E-state index contributed by atoms with van der Waals surface area (Å²) in [5, 5.41) is 0. The maximum absolute atomic E-state index is 5.16. The van der Waals surface area contributed by atoms with Gasteiger partial charge in [0.05, 0.1) is 22.1 Å². The molecule has 0 amide bonds. The Balaban J connectivity index is 1.72. The lowest BCUT2D eigenvalue weighted by atomic mass is 9.34. The summed E-state index contributed by atoms with van der Waals surface area (Å²) in [5.41, 5.74) is 11.1. The topological polar surface area (TPSA) is 35.6 Å². The predicted molar refractivity (Wildman–Crippen MR) is 138 cm³/mol. The molecule has 0 radical (unpaired) electrons. The van der Waals surface area contributed by atoms with Gasteiger partial charge in [-0.3, -0.25) is 9.13 Å². The second-order valence-electron chi connectivity index (χ2n) is 11.6. The summed E-state index contributed by atoms with van der Waals surface area (Å²) < 4.78 is 4.86. The number of nitrogens with zero attached hydrogens (tertiary/aromatic N) is 4. The summed E-state index contributed by atoms with van der Waals surface area (Å²) in [7, 11) is 0. The molecule has 0 spiro atoms. The zero-order chi connectivity index (χ0) is 22.9. The number of aromatic nitrogens is 4. The maximum Gasteiger partial charge on any atom is 0.252 e. The standard InChI is InChI=1S/C28H27BN4/c1-27(2,3)25-30-18-12-7-10-16-23(18)32(25)20-14-9-15-21-22(20)29(16)17-11-8-13-19-24(17)33(21)26(31-19)28(4,5)6/h7-15H,1-6H3. The Morgan fingerprint density at radius 2 is 1.03 bits per heavy atom. The molecule has 0 N–H and O–H groups in total. The van der Waals surface area contributed by atoms with Crippen LogP contribution < -0.4 is 16.4 Å². The summed E-state index contributed by atoms with van der Waals surface area (Å²) >= 11 is 0. The predicted octanol–water partition coefficient (Wildman–Crippen LogP) is 4.10. The molecule has 7 rings (SSSR count). The van der Waals surface area contributed by atoms with Gasteiger partial charge < -0.3 is 0 Å². The second-order valence-corrected chi connectivity index (χ2v) is 11.6. The molecule has 5 heteroatoms. The highest BCUT2D eigenvalue weighted by Gasteiger charge is 2.42. The van der Waals surface area contributed by atoms with Crippen LogP contribution in [0.3, 0.4) is 0 Å². The maximum atomic E-state index is 5.16. The highest BCUT2D eigenvalue weighted by atomic mass is 15.1. The third kappa shape index (κ3) is 2.27. The van der Waals surface area contributed by atoms with Crippen molar-refractivity contribution in [1.29, 1.82) is 0 Å². The number of hydrogen-bond donors (Lipinski definition) is 0. The van der Waals surface area contributed by atoms with E-state index in [2.05, 4.69) is 105 Å². The molecule has 3 aromatic carbocycles. The quantitative estimate of drug-likeness (QED) is 0.340. The SMILES string of the molecule is CC(C)(C)c1nc2cccc3c2n1-c1cccc2c1B3c1cccc3nc(C(C)(C)C)n-2c13. The first kappa shape index (κ1) is 19.2. The van der Waals surface area contributed by atoms with Crippen molar-refractivity contribution in [1.82, 2.24) is 19.1 Å². The lowest BCUT2D eigenvalue weighted by Crippen LogP contribution is -2.59. The first-order valence-corrected chi connectivity index (χ1v) is 11.8. The zero-order valence-corrected chi connectivity index (χ0v) is 20.1. The molecule has 0 aliphatic carbocycles. The van der Waals surface area contributed by atoms with Gasteiger partial charge in [-0.15, -0.1) is 0 Å². The summed E-state index contributed by atoms with van der Waals surface area (Å²) in [6, 6.07) is 20.0. The van der Waals surface area contributed by atoms with Crippen LogP contribution in [0.25, 0.3) is 33.4 Å². The van der Waals surface area contributed by atoms with E-state index >= 15 is 0 Å². The van der Waals surface area contributed by atoms with Gasteiger partial charge in [-0.25, -0.2) is 9.97 Å². The van der Waals surface area contributed by atoms with E-state index in [1.54, 1.807) is 0 Å². The van der Waals surface area contributed by atoms with Gasteiger partial charge in [0.15, 0.2) is 0 Å². The van der Waals surface area contributed by atoms with Gasteiger partial charge in [-0.2, -0.15) is 0 Å². The van der Waals surface area contributed by atoms with Crippen LogP contribution in [0, 0.1) is 0 Å².